The fraction of sp³-hybridized carbons (Fsp3) is 0.769. The van der Waals surface area contributed by atoms with Gasteiger partial charge in [0.25, 0.3) is 0 Å². The Balaban J connectivity index is 1.99. The van der Waals surface area contributed by atoms with Gasteiger partial charge in [-0.2, -0.15) is 0 Å². The van der Waals surface area contributed by atoms with Crippen molar-refractivity contribution in [2.45, 2.75) is 26.2 Å². The number of carboxylic acid groups (broad SMARTS) is 1. The molecule has 2 heterocycles. The van der Waals surface area contributed by atoms with Crippen molar-refractivity contribution in [3.63, 3.8) is 0 Å². The number of carbonyl (C=O) groups is 3. The van der Waals surface area contributed by atoms with Crippen molar-refractivity contribution >= 4 is 17.9 Å². The first-order valence-corrected chi connectivity index (χ1v) is 6.90. The predicted octanol–water partition coefficient (Wildman–Crippen LogP) is 0.100. The van der Waals surface area contributed by atoms with Gasteiger partial charge < -0.3 is 20.6 Å². The molecule has 2 rings (SSSR count). The second-order valence-corrected chi connectivity index (χ2v) is 6.01. The van der Waals surface area contributed by atoms with Crippen LogP contribution in [-0.2, 0) is 9.59 Å². The molecule has 0 spiro atoms. The van der Waals surface area contributed by atoms with Crippen LogP contribution in [0.15, 0.2) is 0 Å². The standard InChI is InChI=1S/C13H21N3O4/c1-13(11(18)19)4-2-5-16(8-13)12(20)15-6-3-9(7-15)10(14)17/h9H,2-8H2,1H3,(H2,14,17)(H,18,19). The van der Waals surface area contributed by atoms with Crippen LogP contribution in [0.25, 0.3) is 0 Å². The van der Waals surface area contributed by atoms with Crippen LogP contribution in [0.1, 0.15) is 26.2 Å². The summed E-state index contributed by atoms with van der Waals surface area (Å²) in [6, 6.07) is -0.180. The lowest BCUT2D eigenvalue weighted by Crippen LogP contribution is -2.52. The molecule has 0 radical (unpaired) electrons. The van der Waals surface area contributed by atoms with Crippen molar-refractivity contribution in [2.24, 2.45) is 17.1 Å². The zero-order valence-corrected chi connectivity index (χ0v) is 11.7. The zero-order valence-electron chi connectivity index (χ0n) is 11.7. The Morgan fingerprint density at radius 3 is 2.50 bits per heavy atom. The van der Waals surface area contributed by atoms with E-state index in [1.165, 1.54) is 0 Å². The molecule has 0 bridgehead atoms. The van der Waals surface area contributed by atoms with Gasteiger partial charge >= 0.3 is 12.0 Å². The van der Waals surface area contributed by atoms with Crippen molar-refractivity contribution in [3.05, 3.63) is 0 Å². The number of nitrogens with two attached hydrogens (primary N) is 1. The van der Waals surface area contributed by atoms with Crippen LogP contribution in [0.2, 0.25) is 0 Å². The van der Waals surface area contributed by atoms with Crippen LogP contribution in [0.5, 0.6) is 0 Å². The molecule has 0 aromatic heterocycles. The van der Waals surface area contributed by atoms with E-state index in [1.807, 2.05) is 0 Å². The minimum absolute atomic E-state index is 0.180. The lowest BCUT2D eigenvalue weighted by molar-refractivity contribution is -0.150. The Bertz CT molecular complexity index is 439. The van der Waals surface area contributed by atoms with Crippen molar-refractivity contribution in [1.29, 1.82) is 0 Å². The third-order valence-corrected chi connectivity index (χ3v) is 4.34. The number of piperidine rings is 1. The number of rotatable bonds is 2. The molecule has 2 unspecified atom stereocenters. The van der Waals surface area contributed by atoms with Crippen molar-refractivity contribution < 1.29 is 19.5 Å². The number of carboxylic acids is 1. The van der Waals surface area contributed by atoms with E-state index in [0.29, 0.717) is 38.9 Å². The van der Waals surface area contributed by atoms with Crippen LogP contribution < -0.4 is 5.73 Å². The highest BCUT2D eigenvalue weighted by atomic mass is 16.4. The summed E-state index contributed by atoms with van der Waals surface area (Å²) in [5.41, 5.74) is 4.37. The van der Waals surface area contributed by atoms with E-state index in [0.717, 1.165) is 0 Å². The van der Waals surface area contributed by atoms with E-state index in [1.54, 1.807) is 16.7 Å². The molecular formula is C13H21N3O4. The summed E-state index contributed by atoms with van der Waals surface area (Å²) in [4.78, 5) is 38.0. The molecule has 0 aliphatic carbocycles. The zero-order chi connectivity index (χ0) is 14.9. The first-order valence-electron chi connectivity index (χ1n) is 6.90. The number of nitrogens with zero attached hydrogens (tertiary/aromatic N) is 2. The number of urea groups is 1. The average Bonchev–Trinajstić information content (AvgIpc) is 2.87. The Morgan fingerprint density at radius 1 is 1.25 bits per heavy atom. The van der Waals surface area contributed by atoms with Gasteiger partial charge in [-0.25, -0.2) is 4.79 Å². The van der Waals surface area contributed by atoms with E-state index >= 15 is 0 Å². The fourth-order valence-electron chi connectivity index (χ4n) is 2.94. The first-order chi connectivity index (χ1) is 9.33. The van der Waals surface area contributed by atoms with E-state index in [-0.39, 0.29) is 24.4 Å². The average molecular weight is 283 g/mol. The molecule has 3 amide bonds. The van der Waals surface area contributed by atoms with Gasteiger partial charge in [0, 0.05) is 26.2 Å². The summed E-state index contributed by atoms with van der Waals surface area (Å²) in [6.07, 6.45) is 1.85. The minimum Gasteiger partial charge on any atom is -0.481 e. The number of carbonyl (C=O) groups excluding carboxylic acids is 2. The molecule has 0 aromatic rings. The second kappa shape index (κ2) is 5.30. The SMILES string of the molecule is CC1(C(=O)O)CCCN(C(=O)N2CCC(C(N)=O)C2)C1. The van der Waals surface area contributed by atoms with Gasteiger partial charge in [0.15, 0.2) is 0 Å². The van der Waals surface area contributed by atoms with Crippen molar-refractivity contribution in [2.75, 3.05) is 26.2 Å². The number of amides is 3. The molecule has 2 aliphatic heterocycles. The highest BCUT2D eigenvalue weighted by Crippen LogP contribution is 2.30. The smallest absolute Gasteiger partial charge is 0.320 e. The normalized spacial score (nSPS) is 30.4. The van der Waals surface area contributed by atoms with Crippen LogP contribution in [-0.4, -0.2) is 59.0 Å². The quantitative estimate of drug-likeness (QED) is 0.750. The molecule has 3 N–H and O–H groups in total. The van der Waals surface area contributed by atoms with Crippen molar-refractivity contribution in [1.82, 2.24) is 9.80 Å². The molecule has 0 aromatic carbocycles. The second-order valence-electron chi connectivity index (χ2n) is 6.01. The van der Waals surface area contributed by atoms with Gasteiger partial charge in [-0.3, -0.25) is 9.59 Å². The largest absolute Gasteiger partial charge is 0.481 e. The predicted molar refractivity (Wildman–Crippen MR) is 70.8 cm³/mol. The number of hydrogen-bond donors (Lipinski definition) is 2. The number of primary amides is 1. The highest BCUT2D eigenvalue weighted by molar-refractivity contribution is 5.81. The van der Waals surface area contributed by atoms with Crippen LogP contribution in [0.3, 0.4) is 0 Å². The minimum atomic E-state index is -0.878. The van der Waals surface area contributed by atoms with Crippen LogP contribution in [0, 0.1) is 11.3 Å². The maximum atomic E-state index is 12.4. The summed E-state index contributed by atoms with van der Waals surface area (Å²) >= 11 is 0. The monoisotopic (exact) mass is 283 g/mol. The molecule has 2 saturated heterocycles. The van der Waals surface area contributed by atoms with Crippen LogP contribution in [0.4, 0.5) is 4.79 Å². The Hall–Kier alpha value is -1.79. The lowest BCUT2D eigenvalue weighted by atomic mass is 9.82. The van der Waals surface area contributed by atoms with Gasteiger partial charge in [0.05, 0.1) is 11.3 Å². The summed E-state index contributed by atoms with van der Waals surface area (Å²) in [6.45, 7) is 3.31. The maximum Gasteiger partial charge on any atom is 0.320 e. The summed E-state index contributed by atoms with van der Waals surface area (Å²) in [5, 5.41) is 9.26. The summed E-state index contributed by atoms with van der Waals surface area (Å²) in [5.74, 6) is -1.53. The van der Waals surface area contributed by atoms with Gasteiger partial charge in [-0.05, 0) is 26.2 Å². The Labute approximate surface area is 117 Å². The Morgan fingerprint density at radius 2 is 1.95 bits per heavy atom. The number of hydrogen-bond acceptors (Lipinski definition) is 3. The molecule has 7 heteroatoms. The van der Waals surface area contributed by atoms with Crippen molar-refractivity contribution in [3.8, 4) is 0 Å². The van der Waals surface area contributed by atoms with Gasteiger partial charge in [0.2, 0.25) is 5.91 Å². The molecule has 7 nitrogen and oxygen atoms in total. The highest BCUT2D eigenvalue weighted by Gasteiger charge is 2.41. The molecule has 0 saturated carbocycles. The van der Waals surface area contributed by atoms with Gasteiger partial charge in [0.1, 0.15) is 0 Å². The van der Waals surface area contributed by atoms with Gasteiger partial charge in [-0.15, -0.1) is 0 Å². The molecule has 112 valence electrons. The third kappa shape index (κ3) is 2.71. The maximum absolute atomic E-state index is 12.4. The molecule has 20 heavy (non-hydrogen) atoms. The third-order valence-electron chi connectivity index (χ3n) is 4.34. The summed E-state index contributed by atoms with van der Waals surface area (Å²) < 4.78 is 0. The summed E-state index contributed by atoms with van der Waals surface area (Å²) in [7, 11) is 0. The molecule has 2 fully saturated rings. The fourth-order valence-corrected chi connectivity index (χ4v) is 2.94. The molecule has 2 atom stereocenters. The first kappa shape index (κ1) is 14.6. The molecular weight excluding hydrogens is 262 g/mol. The van der Waals surface area contributed by atoms with E-state index in [2.05, 4.69) is 0 Å². The topological polar surface area (TPSA) is 104 Å². The van der Waals surface area contributed by atoms with Crippen LogP contribution >= 0.6 is 0 Å². The van der Waals surface area contributed by atoms with E-state index in [9.17, 15) is 19.5 Å². The molecule has 2 aliphatic rings. The van der Waals surface area contributed by atoms with E-state index in [4.69, 9.17) is 5.73 Å². The number of likely N-dealkylation sites (tertiary alicyclic amines) is 2. The van der Waals surface area contributed by atoms with Gasteiger partial charge in [-0.1, -0.05) is 0 Å². The number of aliphatic carboxylic acids is 1. The lowest BCUT2D eigenvalue weighted by Gasteiger charge is -2.39. The Kier molecular flexibility index (Phi) is 3.87. The van der Waals surface area contributed by atoms with E-state index < -0.39 is 11.4 Å².